The molecule has 0 unspecified atom stereocenters. The van der Waals surface area contributed by atoms with E-state index in [9.17, 15) is 0 Å². The number of nitrogens with zero attached hydrogens (tertiary/aromatic N) is 2. The van der Waals surface area contributed by atoms with Crippen LogP contribution < -0.4 is 9.80 Å². The van der Waals surface area contributed by atoms with Crippen LogP contribution in [0.1, 0.15) is 192 Å². The Balaban J connectivity index is 1.29. The van der Waals surface area contributed by atoms with Gasteiger partial charge < -0.3 is 9.80 Å². The highest BCUT2D eigenvalue weighted by molar-refractivity contribution is 7.20. The van der Waals surface area contributed by atoms with Crippen LogP contribution in [-0.2, 0) is 37.9 Å². The van der Waals surface area contributed by atoms with E-state index < -0.39 is 0 Å². The van der Waals surface area contributed by atoms with Gasteiger partial charge in [-0.1, -0.05) is 147 Å². The van der Waals surface area contributed by atoms with Crippen molar-refractivity contribution < 1.29 is 0 Å². The number of hydrogen-bond donors (Lipinski definition) is 0. The zero-order valence-electron chi connectivity index (χ0n) is 43.9. The van der Waals surface area contributed by atoms with Crippen molar-refractivity contribution in [2.45, 2.75) is 188 Å². The van der Waals surface area contributed by atoms with Gasteiger partial charge in [0.1, 0.15) is 5.00 Å². The van der Waals surface area contributed by atoms with Crippen molar-refractivity contribution >= 4 is 44.8 Å². The molecule has 0 N–H and O–H groups in total. The molecule has 0 radical (unpaired) electrons. The normalized spacial score (nSPS) is 18.5. The van der Waals surface area contributed by atoms with Crippen LogP contribution in [0.15, 0.2) is 97.1 Å². The second-order valence-electron chi connectivity index (χ2n) is 25.9. The maximum Gasteiger partial charge on any atom is 0.101 e. The Morgan fingerprint density at radius 2 is 0.879 bits per heavy atom. The lowest BCUT2D eigenvalue weighted by atomic mass is 9.63. The Kier molecular flexibility index (Phi) is 10.7. The molecular weight excluding hydrogens is 817 g/mol. The fourth-order valence-electron chi connectivity index (χ4n) is 11.7. The standard InChI is InChI=1S/C63H78N2S/c1-39-31-45(64(43-21-24-49-51(36-43)61(13,14)29-27-59(49,9)10)44-22-25-50-52(37-44)62(15,16)30-28-60(50,11)12)35-46(32-39)65(54-26-20-41(33-40(54)2)57(3,4)5)55-38-53-56(66-55)47-34-42(58(6,7)8)19-23-48(47)63(53,17)18/h19-26,31-38H,27-30H2,1-18H3. The number of benzene rings is 5. The number of rotatable bonds is 6. The second kappa shape index (κ2) is 15.2. The summed E-state index contributed by atoms with van der Waals surface area (Å²) in [6.45, 7) is 43.0. The Labute approximate surface area is 403 Å². The second-order valence-corrected chi connectivity index (χ2v) is 26.9. The lowest BCUT2D eigenvalue weighted by Crippen LogP contribution is -2.34. The molecule has 5 aromatic carbocycles. The highest BCUT2D eigenvalue weighted by Crippen LogP contribution is 2.58. The van der Waals surface area contributed by atoms with E-state index in [2.05, 4.69) is 231 Å². The minimum Gasteiger partial charge on any atom is -0.310 e. The molecule has 3 aliphatic rings. The molecule has 0 atom stereocenters. The highest BCUT2D eigenvalue weighted by atomic mass is 32.1. The molecule has 0 amide bonds. The average Bonchev–Trinajstić information content (AvgIpc) is 3.75. The molecule has 0 bridgehead atoms. The van der Waals surface area contributed by atoms with E-state index in [1.807, 2.05) is 11.3 Å². The Hall–Kier alpha value is -4.60. The van der Waals surface area contributed by atoms with E-state index in [0.717, 1.165) is 0 Å². The lowest BCUT2D eigenvalue weighted by Gasteiger charge is -2.43. The molecule has 0 fully saturated rings. The van der Waals surface area contributed by atoms with Gasteiger partial charge in [-0.25, -0.2) is 0 Å². The van der Waals surface area contributed by atoms with Crippen molar-refractivity contribution in [3.8, 4) is 10.4 Å². The SMILES string of the molecule is Cc1cc(N(c2ccc3c(c2)C(C)(C)CCC3(C)C)c2ccc3c(c2)C(C)(C)CCC3(C)C)cc(N(c2cc3c(s2)-c2cc(C(C)(C)C)ccc2C3(C)C)c2ccc(C(C)(C)C)cc2C)c1. The Morgan fingerprint density at radius 3 is 1.38 bits per heavy atom. The first-order chi connectivity index (χ1) is 30.5. The van der Waals surface area contributed by atoms with Gasteiger partial charge >= 0.3 is 0 Å². The quantitative estimate of drug-likeness (QED) is 0.164. The summed E-state index contributed by atoms with van der Waals surface area (Å²) in [6, 6.07) is 39.1. The summed E-state index contributed by atoms with van der Waals surface area (Å²) in [5, 5.41) is 1.25. The number of fused-ring (bicyclic) bond motifs is 5. The average molecular weight is 895 g/mol. The van der Waals surface area contributed by atoms with Crippen molar-refractivity contribution in [3.05, 3.63) is 153 Å². The number of hydrogen-bond acceptors (Lipinski definition) is 3. The van der Waals surface area contributed by atoms with Crippen molar-refractivity contribution in [2.24, 2.45) is 0 Å². The topological polar surface area (TPSA) is 6.48 Å². The van der Waals surface area contributed by atoms with E-state index in [1.165, 1.54) is 125 Å². The van der Waals surface area contributed by atoms with Gasteiger partial charge in [0.15, 0.2) is 0 Å². The third-order valence-electron chi connectivity index (χ3n) is 16.5. The molecule has 6 aromatic rings. The Morgan fingerprint density at radius 1 is 0.424 bits per heavy atom. The summed E-state index contributed by atoms with van der Waals surface area (Å²) in [5.41, 5.74) is 22.0. The zero-order valence-corrected chi connectivity index (χ0v) is 44.7. The highest BCUT2D eigenvalue weighted by Gasteiger charge is 2.41. The summed E-state index contributed by atoms with van der Waals surface area (Å²) in [6.07, 6.45) is 4.76. The van der Waals surface area contributed by atoms with Gasteiger partial charge in [0.2, 0.25) is 0 Å². The van der Waals surface area contributed by atoms with Gasteiger partial charge in [-0.15, -0.1) is 11.3 Å². The van der Waals surface area contributed by atoms with Gasteiger partial charge in [-0.2, -0.15) is 0 Å². The number of thiophene rings is 1. The van der Waals surface area contributed by atoms with E-state index in [4.69, 9.17) is 0 Å². The minimum atomic E-state index is -0.106. The summed E-state index contributed by atoms with van der Waals surface area (Å²) in [7, 11) is 0. The van der Waals surface area contributed by atoms with Crippen molar-refractivity contribution in [2.75, 3.05) is 9.80 Å². The van der Waals surface area contributed by atoms with Crippen LogP contribution in [0.25, 0.3) is 10.4 Å². The maximum absolute atomic E-state index is 2.59. The molecule has 3 aliphatic carbocycles. The van der Waals surface area contributed by atoms with Crippen molar-refractivity contribution in [1.82, 2.24) is 0 Å². The molecule has 3 heteroatoms. The van der Waals surface area contributed by atoms with Crippen LogP contribution in [0.4, 0.5) is 33.4 Å². The molecule has 1 heterocycles. The van der Waals surface area contributed by atoms with Crippen LogP contribution in [0.2, 0.25) is 0 Å². The fourth-order valence-corrected chi connectivity index (χ4v) is 13.1. The van der Waals surface area contributed by atoms with Crippen LogP contribution in [0.5, 0.6) is 0 Å². The van der Waals surface area contributed by atoms with Crippen molar-refractivity contribution in [1.29, 1.82) is 0 Å². The first-order valence-corrected chi connectivity index (χ1v) is 25.7. The molecule has 0 saturated carbocycles. The van der Waals surface area contributed by atoms with Crippen LogP contribution >= 0.6 is 11.3 Å². The third-order valence-corrected chi connectivity index (χ3v) is 17.6. The summed E-state index contributed by atoms with van der Waals surface area (Å²) >= 11 is 1.96. The van der Waals surface area contributed by atoms with E-state index in [-0.39, 0.29) is 37.9 Å². The summed E-state index contributed by atoms with van der Waals surface area (Å²) in [5.74, 6) is 0. The molecule has 9 rings (SSSR count). The Bertz CT molecular complexity index is 2820. The first-order valence-electron chi connectivity index (χ1n) is 24.9. The van der Waals surface area contributed by atoms with Gasteiger partial charge in [-0.05, 0) is 194 Å². The number of aryl methyl sites for hydroxylation is 2. The molecule has 2 nitrogen and oxygen atoms in total. The molecular formula is C63H78N2S. The monoisotopic (exact) mass is 895 g/mol. The zero-order chi connectivity index (χ0) is 47.9. The fraction of sp³-hybridized carbons (Fsp3) is 0.460. The van der Waals surface area contributed by atoms with Gasteiger partial charge in [0.25, 0.3) is 0 Å². The van der Waals surface area contributed by atoms with Gasteiger partial charge in [0.05, 0.1) is 0 Å². The summed E-state index contributed by atoms with van der Waals surface area (Å²) < 4.78 is 0. The van der Waals surface area contributed by atoms with Gasteiger partial charge in [0, 0.05) is 38.7 Å². The van der Waals surface area contributed by atoms with Crippen LogP contribution in [0.3, 0.4) is 0 Å². The molecule has 346 valence electrons. The molecule has 0 spiro atoms. The van der Waals surface area contributed by atoms with Gasteiger partial charge in [-0.3, -0.25) is 0 Å². The number of anilines is 6. The van der Waals surface area contributed by atoms with E-state index >= 15 is 0 Å². The molecule has 66 heavy (non-hydrogen) atoms. The van der Waals surface area contributed by atoms with E-state index in [0.29, 0.717) is 0 Å². The predicted octanol–water partition coefficient (Wildman–Crippen LogP) is 18.9. The summed E-state index contributed by atoms with van der Waals surface area (Å²) in [4.78, 5) is 6.57. The first kappa shape index (κ1) is 46.5. The predicted molar refractivity (Wildman–Crippen MR) is 289 cm³/mol. The largest absolute Gasteiger partial charge is 0.310 e. The maximum atomic E-state index is 2.59. The molecule has 0 aliphatic heterocycles. The van der Waals surface area contributed by atoms with Crippen molar-refractivity contribution in [3.63, 3.8) is 0 Å². The molecule has 0 saturated heterocycles. The lowest BCUT2D eigenvalue weighted by molar-refractivity contribution is 0.332. The van der Waals surface area contributed by atoms with E-state index in [1.54, 1.807) is 0 Å². The van der Waals surface area contributed by atoms with Crippen LogP contribution in [-0.4, -0.2) is 0 Å². The minimum absolute atomic E-state index is 0.0467. The smallest absolute Gasteiger partial charge is 0.101 e. The molecule has 1 aromatic heterocycles. The van der Waals surface area contributed by atoms with Crippen LogP contribution in [0, 0.1) is 13.8 Å². The third kappa shape index (κ3) is 7.78.